The fourth-order valence-corrected chi connectivity index (χ4v) is 2.86. The summed E-state index contributed by atoms with van der Waals surface area (Å²) in [5.74, 6) is 1.60. The number of rotatable bonds is 11. The number of guanidine groups is 1. The van der Waals surface area contributed by atoms with Crippen molar-refractivity contribution in [2.24, 2.45) is 4.99 Å². The molecule has 0 unspecified atom stereocenters. The molecule has 0 saturated carbocycles. The molecule has 0 atom stereocenters. The largest absolute Gasteiger partial charge is 0.492 e. The molecule has 2 N–H and O–H groups in total. The van der Waals surface area contributed by atoms with Gasteiger partial charge in [0.2, 0.25) is 0 Å². The Balaban J connectivity index is 1.92. The van der Waals surface area contributed by atoms with Crippen LogP contribution in [0.1, 0.15) is 22.8 Å². The van der Waals surface area contributed by atoms with E-state index in [2.05, 4.69) is 10.6 Å². The Morgan fingerprint density at radius 2 is 1.77 bits per heavy atom. The van der Waals surface area contributed by atoms with Gasteiger partial charge in [-0.25, -0.2) is 4.99 Å². The van der Waals surface area contributed by atoms with Crippen LogP contribution in [0, 0.1) is 0 Å². The van der Waals surface area contributed by atoms with Gasteiger partial charge in [-0.05, 0) is 50.8 Å². The van der Waals surface area contributed by atoms with Gasteiger partial charge < -0.3 is 25.2 Å². The van der Waals surface area contributed by atoms with E-state index in [-0.39, 0.29) is 5.91 Å². The number of ether oxygens (including phenoxy) is 1. The predicted molar refractivity (Wildman–Crippen MR) is 127 cm³/mol. The van der Waals surface area contributed by atoms with Gasteiger partial charge in [0.15, 0.2) is 5.96 Å². The van der Waals surface area contributed by atoms with E-state index < -0.39 is 0 Å². The van der Waals surface area contributed by atoms with Gasteiger partial charge in [0.05, 0.1) is 13.1 Å². The van der Waals surface area contributed by atoms with Crippen molar-refractivity contribution in [2.45, 2.75) is 13.5 Å². The van der Waals surface area contributed by atoms with Crippen LogP contribution in [-0.2, 0) is 6.54 Å². The van der Waals surface area contributed by atoms with Gasteiger partial charge in [-0.2, -0.15) is 0 Å². The number of hydrogen-bond donors (Lipinski definition) is 2. The van der Waals surface area contributed by atoms with Crippen molar-refractivity contribution in [3.05, 3.63) is 65.7 Å². The first-order valence-corrected chi connectivity index (χ1v) is 10.7. The van der Waals surface area contributed by atoms with Gasteiger partial charge in [0, 0.05) is 32.2 Å². The van der Waals surface area contributed by atoms with E-state index in [1.165, 1.54) is 0 Å². The zero-order valence-electron chi connectivity index (χ0n) is 19.1. The Morgan fingerprint density at radius 1 is 1.00 bits per heavy atom. The maximum Gasteiger partial charge on any atom is 0.251 e. The second-order valence-electron chi connectivity index (χ2n) is 7.51. The van der Waals surface area contributed by atoms with E-state index in [1.807, 2.05) is 92.5 Å². The Bertz CT molecular complexity index is 824. The average Bonchev–Trinajstić information content (AvgIpc) is 2.77. The van der Waals surface area contributed by atoms with Gasteiger partial charge >= 0.3 is 0 Å². The number of amides is 1. The molecule has 7 nitrogen and oxygen atoms in total. The lowest BCUT2D eigenvalue weighted by molar-refractivity contribution is 0.0951. The topological polar surface area (TPSA) is 69.2 Å². The van der Waals surface area contributed by atoms with Crippen molar-refractivity contribution in [1.82, 2.24) is 20.4 Å². The second kappa shape index (κ2) is 13.3. The first-order chi connectivity index (χ1) is 15.0. The minimum absolute atomic E-state index is 0.0604. The molecule has 0 fully saturated rings. The van der Waals surface area contributed by atoms with Crippen molar-refractivity contribution in [3.8, 4) is 5.75 Å². The van der Waals surface area contributed by atoms with E-state index in [1.54, 1.807) is 0 Å². The van der Waals surface area contributed by atoms with E-state index in [0.29, 0.717) is 31.8 Å². The van der Waals surface area contributed by atoms with Gasteiger partial charge in [-0.15, -0.1) is 0 Å². The van der Waals surface area contributed by atoms with Crippen LogP contribution in [0.2, 0.25) is 0 Å². The number of aliphatic imine (C=N–C) groups is 1. The summed E-state index contributed by atoms with van der Waals surface area (Å²) in [5, 5.41) is 6.26. The zero-order valence-corrected chi connectivity index (χ0v) is 19.1. The van der Waals surface area contributed by atoms with Crippen LogP contribution in [0.4, 0.5) is 0 Å². The lowest BCUT2D eigenvalue weighted by Gasteiger charge is -2.22. The third-order valence-corrected chi connectivity index (χ3v) is 4.58. The van der Waals surface area contributed by atoms with E-state index in [4.69, 9.17) is 9.73 Å². The Labute approximate surface area is 186 Å². The molecule has 0 spiro atoms. The first-order valence-electron chi connectivity index (χ1n) is 10.7. The van der Waals surface area contributed by atoms with E-state index in [0.717, 1.165) is 30.4 Å². The van der Waals surface area contributed by atoms with Crippen molar-refractivity contribution in [3.63, 3.8) is 0 Å². The van der Waals surface area contributed by atoms with Gasteiger partial charge in [-0.3, -0.25) is 4.79 Å². The molecular weight excluding hydrogens is 390 g/mol. The third-order valence-electron chi connectivity index (χ3n) is 4.58. The summed E-state index contributed by atoms with van der Waals surface area (Å²) in [6.45, 7) is 6.00. The highest BCUT2D eigenvalue weighted by Gasteiger charge is 2.08. The fourth-order valence-electron chi connectivity index (χ4n) is 2.86. The quantitative estimate of drug-likeness (QED) is 0.428. The second-order valence-corrected chi connectivity index (χ2v) is 7.51. The normalized spacial score (nSPS) is 11.3. The van der Waals surface area contributed by atoms with Crippen LogP contribution in [0.3, 0.4) is 0 Å². The van der Waals surface area contributed by atoms with E-state index in [9.17, 15) is 4.79 Å². The molecular formula is C24H35N5O2. The average molecular weight is 426 g/mol. The smallest absolute Gasteiger partial charge is 0.251 e. The fraction of sp³-hybridized carbons (Fsp3) is 0.417. The molecule has 168 valence electrons. The Hall–Kier alpha value is -3.06. The molecule has 0 aromatic heterocycles. The minimum atomic E-state index is -0.0604. The summed E-state index contributed by atoms with van der Waals surface area (Å²) >= 11 is 0. The SMILES string of the molecule is CCNC(=NCc1cccc(C(=O)NCCN(C)C)c1)N(C)CCOc1ccccc1. The summed E-state index contributed by atoms with van der Waals surface area (Å²) in [4.78, 5) is 21.2. The molecule has 7 heteroatoms. The Kier molecular flexibility index (Phi) is 10.4. The van der Waals surface area contributed by atoms with Crippen LogP contribution >= 0.6 is 0 Å². The van der Waals surface area contributed by atoms with Crippen LogP contribution in [0.5, 0.6) is 5.75 Å². The highest BCUT2D eigenvalue weighted by Crippen LogP contribution is 2.09. The monoisotopic (exact) mass is 425 g/mol. The van der Waals surface area contributed by atoms with Crippen molar-refractivity contribution < 1.29 is 9.53 Å². The minimum Gasteiger partial charge on any atom is -0.492 e. The third kappa shape index (κ3) is 9.09. The summed E-state index contributed by atoms with van der Waals surface area (Å²) in [6, 6.07) is 17.4. The molecule has 0 aliphatic carbocycles. The molecule has 2 aromatic carbocycles. The number of nitrogens with zero attached hydrogens (tertiary/aromatic N) is 3. The highest BCUT2D eigenvalue weighted by molar-refractivity contribution is 5.94. The predicted octanol–water partition coefficient (Wildman–Crippen LogP) is 2.45. The first kappa shape index (κ1) is 24.2. The van der Waals surface area contributed by atoms with Crippen LogP contribution in [-0.4, -0.2) is 75.6 Å². The number of nitrogens with one attached hydrogen (secondary N) is 2. The Morgan fingerprint density at radius 3 is 2.48 bits per heavy atom. The summed E-state index contributed by atoms with van der Waals surface area (Å²) in [7, 11) is 5.96. The van der Waals surface area contributed by atoms with Crippen molar-refractivity contribution in [2.75, 3.05) is 53.9 Å². The lowest BCUT2D eigenvalue weighted by Crippen LogP contribution is -2.40. The number of para-hydroxylation sites is 1. The van der Waals surface area contributed by atoms with Crippen LogP contribution in [0.15, 0.2) is 59.6 Å². The number of benzene rings is 2. The zero-order chi connectivity index (χ0) is 22.5. The maximum absolute atomic E-state index is 12.4. The van der Waals surface area contributed by atoms with E-state index >= 15 is 0 Å². The summed E-state index contributed by atoms with van der Waals surface area (Å²) in [5.41, 5.74) is 1.64. The number of carbonyl (C=O) groups excluding carboxylic acids is 1. The standard InChI is InChI=1S/C24H35N5O2/c1-5-25-24(29(4)16-17-31-22-12-7-6-8-13-22)27-19-20-10-9-11-21(18-20)23(30)26-14-15-28(2)3/h6-13,18H,5,14-17,19H2,1-4H3,(H,25,27)(H,26,30). The molecule has 0 radical (unpaired) electrons. The molecule has 0 heterocycles. The summed E-state index contributed by atoms with van der Waals surface area (Å²) < 4.78 is 5.78. The van der Waals surface area contributed by atoms with Gasteiger partial charge in [-0.1, -0.05) is 30.3 Å². The molecule has 0 aliphatic heterocycles. The molecule has 0 saturated heterocycles. The molecule has 0 aliphatic rings. The van der Waals surface area contributed by atoms with Crippen molar-refractivity contribution >= 4 is 11.9 Å². The lowest BCUT2D eigenvalue weighted by atomic mass is 10.1. The maximum atomic E-state index is 12.4. The van der Waals surface area contributed by atoms with Crippen molar-refractivity contribution in [1.29, 1.82) is 0 Å². The van der Waals surface area contributed by atoms with Gasteiger partial charge in [0.25, 0.3) is 5.91 Å². The molecule has 0 bridgehead atoms. The molecule has 2 aromatic rings. The van der Waals surface area contributed by atoms with Gasteiger partial charge in [0.1, 0.15) is 12.4 Å². The molecule has 1 amide bonds. The van der Waals surface area contributed by atoms with Crippen LogP contribution in [0.25, 0.3) is 0 Å². The summed E-state index contributed by atoms with van der Waals surface area (Å²) in [6.07, 6.45) is 0. The number of hydrogen-bond acceptors (Lipinski definition) is 4. The van der Waals surface area contributed by atoms with Crippen LogP contribution < -0.4 is 15.4 Å². The number of likely N-dealkylation sites (N-methyl/N-ethyl adjacent to an activating group) is 2. The molecule has 31 heavy (non-hydrogen) atoms. The molecule has 2 rings (SSSR count). The number of carbonyl (C=O) groups is 1. The highest BCUT2D eigenvalue weighted by atomic mass is 16.5.